The first-order chi connectivity index (χ1) is 7.68. The van der Waals surface area contributed by atoms with Gasteiger partial charge in [0.15, 0.2) is 0 Å². The van der Waals surface area contributed by atoms with Crippen LogP contribution in [0.4, 0.5) is 5.00 Å². The van der Waals surface area contributed by atoms with Crippen molar-refractivity contribution in [2.24, 2.45) is 11.7 Å². The van der Waals surface area contributed by atoms with Crippen molar-refractivity contribution >= 4 is 28.7 Å². The third-order valence-corrected chi connectivity index (χ3v) is 3.84. The summed E-state index contributed by atoms with van der Waals surface area (Å²) in [5, 5.41) is 12.5. The van der Waals surface area contributed by atoms with Crippen molar-refractivity contribution in [1.29, 1.82) is 0 Å². The number of ether oxygens (including phenoxy) is 1. The standard InChI is InChI=1S/C10H14N2O3S.ClH/c11-10(7-1-3-15-4-2-7)8-5-9(12(13)14)16-6-8;/h5-7,10H,1-4,11H2;1H/t10-;/m0./s1. The maximum Gasteiger partial charge on any atom is 0.324 e. The summed E-state index contributed by atoms with van der Waals surface area (Å²) in [5.74, 6) is 0.378. The summed E-state index contributed by atoms with van der Waals surface area (Å²) in [6.45, 7) is 1.48. The van der Waals surface area contributed by atoms with Gasteiger partial charge in [0, 0.05) is 30.7 Å². The van der Waals surface area contributed by atoms with Crippen LogP contribution in [0, 0.1) is 16.0 Å². The van der Waals surface area contributed by atoms with Crippen molar-refractivity contribution in [1.82, 2.24) is 0 Å². The highest BCUT2D eigenvalue weighted by Crippen LogP contribution is 2.33. The first-order valence-electron chi connectivity index (χ1n) is 5.24. The molecule has 2 N–H and O–H groups in total. The predicted molar refractivity (Wildman–Crippen MR) is 68.7 cm³/mol. The van der Waals surface area contributed by atoms with E-state index in [-0.39, 0.29) is 28.4 Å². The number of nitro groups is 1. The topological polar surface area (TPSA) is 78.4 Å². The fourth-order valence-electron chi connectivity index (χ4n) is 1.96. The number of halogens is 1. The highest BCUT2D eigenvalue weighted by Gasteiger charge is 2.24. The molecule has 0 bridgehead atoms. The quantitative estimate of drug-likeness (QED) is 0.681. The fourth-order valence-corrected chi connectivity index (χ4v) is 2.73. The molecule has 7 heteroatoms. The highest BCUT2D eigenvalue weighted by molar-refractivity contribution is 7.13. The van der Waals surface area contributed by atoms with Crippen molar-refractivity contribution in [3.63, 3.8) is 0 Å². The summed E-state index contributed by atoms with van der Waals surface area (Å²) in [7, 11) is 0. The zero-order chi connectivity index (χ0) is 11.5. The van der Waals surface area contributed by atoms with E-state index in [1.807, 2.05) is 0 Å². The van der Waals surface area contributed by atoms with Crippen molar-refractivity contribution in [2.45, 2.75) is 18.9 Å². The van der Waals surface area contributed by atoms with Crippen LogP contribution in [0.15, 0.2) is 11.4 Å². The zero-order valence-electron chi connectivity index (χ0n) is 9.20. The van der Waals surface area contributed by atoms with Crippen molar-refractivity contribution in [3.8, 4) is 0 Å². The van der Waals surface area contributed by atoms with Gasteiger partial charge in [0.2, 0.25) is 0 Å². The van der Waals surface area contributed by atoms with Crippen LogP contribution in [-0.2, 0) is 4.74 Å². The number of rotatable bonds is 3. The molecule has 0 aliphatic carbocycles. The Hall–Kier alpha value is -0.690. The van der Waals surface area contributed by atoms with Gasteiger partial charge >= 0.3 is 5.00 Å². The monoisotopic (exact) mass is 278 g/mol. The van der Waals surface area contributed by atoms with Gasteiger partial charge < -0.3 is 10.5 Å². The average Bonchev–Trinajstić information content (AvgIpc) is 2.78. The Labute approximate surface area is 110 Å². The van der Waals surface area contributed by atoms with Gasteiger partial charge in [0.05, 0.1) is 4.92 Å². The Morgan fingerprint density at radius 1 is 1.53 bits per heavy atom. The summed E-state index contributed by atoms with van der Waals surface area (Å²) >= 11 is 1.14. The molecule has 2 heterocycles. The maximum atomic E-state index is 10.6. The molecule has 0 saturated carbocycles. The second-order valence-corrected chi connectivity index (χ2v) is 4.84. The lowest BCUT2D eigenvalue weighted by Gasteiger charge is -2.26. The van der Waals surface area contributed by atoms with E-state index >= 15 is 0 Å². The molecule has 1 aliphatic rings. The normalized spacial score (nSPS) is 18.4. The highest BCUT2D eigenvalue weighted by atomic mass is 35.5. The van der Waals surface area contributed by atoms with E-state index in [4.69, 9.17) is 10.5 Å². The van der Waals surface area contributed by atoms with Gasteiger partial charge in [-0.05, 0) is 24.3 Å². The molecule has 1 aliphatic heterocycles. The van der Waals surface area contributed by atoms with Crippen LogP contribution in [-0.4, -0.2) is 18.1 Å². The van der Waals surface area contributed by atoms with Crippen LogP contribution in [0.1, 0.15) is 24.4 Å². The second-order valence-electron chi connectivity index (χ2n) is 3.95. The minimum Gasteiger partial charge on any atom is -0.381 e. The smallest absolute Gasteiger partial charge is 0.324 e. The van der Waals surface area contributed by atoms with Gasteiger partial charge in [-0.3, -0.25) is 10.1 Å². The lowest BCUT2D eigenvalue weighted by molar-refractivity contribution is -0.380. The van der Waals surface area contributed by atoms with E-state index in [9.17, 15) is 10.1 Å². The van der Waals surface area contributed by atoms with Gasteiger partial charge in [-0.1, -0.05) is 11.3 Å². The summed E-state index contributed by atoms with van der Waals surface area (Å²) in [6, 6.07) is 1.49. The predicted octanol–water partition coefficient (Wildman–Crippen LogP) is 2.50. The number of thiophene rings is 1. The summed E-state index contributed by atoms with van der Waals surface area (Å²) in [5.41, 5.74) is 6.99. The minimum atomic E-state index is -0.370. The molecule has 1 atom stereocenters. The van der Waals surface area contributed by atoms with E-state index in [1.165, 1.54) is 0 Å². The van der Waals surface area contributed by atoms with Crippen LogP contribution in [0.25, 0.3) is 0 Å². The molecule has 0 aromatic carbocycles. The number of nitrogens with two attached hydrogens (primary N) is 1. The number of hydrogen-bond acceptors (Lipinski definition) is 5. The summed E-state index contributed by atoms with van der Waals surface area (Å²) < 4.78 is 5.27. The van der Waals surface area contributed by atoms with E-state index in [2.05, 4.69) is 0 Å². The Bertz CT molecular complexity index is 379. The Morgan fingerprint density at radius 3 is 2.71 bits per heavy atom. The molecule has 0 amide bonds. The van der Waals surface area contributed by atoms with Crippen LogP contribution in [0.2, 0.25) is 0 Å². The summed E-state index contributed by atoms with van der Waals surface area (Å²) in [4.78, 5) is 10.2. The molecule has 1 aromatic rings. The third kappa shape index (κ3) is 3.38. The molecule has 96 valence electrons. The first kappa shape index (κ1) is 14.4. The molecule has 0 spiro atoms. The molecule has 2 rings (SSSR count). The number of hydrogen-bond donors (Lipinski definition) is 1. The largest absolute Gasteiger partial charge is 0.381 e. The lowest BCUT2D eigenvalue weighted by Crippen LogP contribution is -2.27. The molecule has 5 nitrogen and oxygen atoms in total. The average molecular weight is 279 g/mol. The SMILES string of the molecule is Cl.N[C@H](c1csc([N+](=O)[O-])c1)C1CCOCC1. The van der Waals surface area contributed by atoms with Gasteiger partial charge in [-0.15, -0.1) is 12.4 Å². The second kappa shape index (κ2) is 6.30. The van der Waals surface area contributed by atoms with Crippen LogP contribution in [0.5, 0.6) is 0 Å². The van der Waals surface area contributed by atoms with Crippen LogP contribution in [0.3, 0.4) is 0 Å². The fraction of sp³-hybridized carbons (Fsp3) is 0.600. The molecular formula is C10H15ClN2O3S. The molecule has 0 radical (unpaired) electrons. The molecular weight excluding hydrogens is 264 g/mol. The van der Waals surface area contributed by atoms with E-state index in [0.717, 1.165) is 43.0 Å². The molecule has 1 saturated heterocycles. The molecule has 0 unspecified atom stereocenters. The number of nitrogens with zero attached hydrogens (tertiary/aromatic N) is 1. The lowest BCUT2D eigenvalue weighted by atomic mass is 9.89. The molecule has 1 aromatic heterocycles. The minimum absolute atomic E-state index is 0. The van der Waals surface area contributed by atoms with Gasteiger partial charge in [0.25, 0.3) is 0 Å². The van der Waals surface area contributed by atoms with Gasteiger partial charge in [-0.2, -0.15) is 0 Å². The van der Waals surface area contributed by atoms with Gasteiger partial charge in [-0.25, -0.2) is 0 Å². The van der Waals surface area contributed by atoms with Gasteiger partial charge in [0.1, 0.15) is 0 Å². The van der Waals surface area contributed by atoms with Crippen molar-refractivity contribution in [3.05, 3.63) is 27.1 Å². The Morgan fingerprint density at radius 2 is 2.18 bits per heavy atom. The molecule has 17 heavy (non-hydrogen) atoms. The van der Waals surface area contributed by atoms with Crippen molar-refractivity contribution < 1.29 is 9.66 Å². The Balaban J connectivity index is 0.00000144. The van der Waals surface area contributed by atoms with E-state index in [1.54, 1.807) is 11.4 Å². The third-order valence-electron chi connectivity index (χ3n) is 2.94. The van der Waals surface area contributed by atoms with E-state index in [0.29, 0.717) is 5.92 Å². The molecule has 1 fully saturated rings. The van der Waals surface area contributed by atoms with E-state index < -0.39 is 0 Å². The van der Waals surface area contributed by atoms with Crippen LogP contribution < -0.4 is 5.73 Å². The maximum absolute atomic E-state index is 10.6. The zero-order valence-corrected chi connectivity index (χ0v) is 10.8. The summed E-state index contributed by atoms with van der Waals surface area (Å²) in [6.07, 6.45) is 1.87. The Kier molecular flexibility index (Phi) is 5.32. The van der Waals surface area contributed by atoms with Crippen LogP contribution >= 0.6 is 23.7 Å². The first-order valence-corrected chi connectivity index (χ1v) is 6.12. The van der Waals surface area contributed by atoms with Crippen molar-refractivity contribution in [2.75, 3.05) is 13.2 Å².